The van der Waals surface area contributed by atoms with Gasteiger partial charge in [0, 0.05) is 18.1 Å². The number of benzene rings is 1. The van der Waals surface area contributed by atoms with Crippen LogP contribution in [-0.2, 0) is 15.0 Å². The van der Waals surface area contributed by atoms with Gasteiger partial charge in [-0.1, -0.05) is 23.2 Å². The monoisotopic (exact) mass is 394 g/mol. The molecule has 3 heterocycles. The highest BCUT2D eigenvalue weighted by Crippen LogP contribution is 2.53. The molecule has 9 heteroatoms. The lowest BCUT2D eigenvalue weighted by Crippen LogP contribution is -2.47. The highest BCUT2D eigenvalue weighted by Gasteiger charge is 2.58. The number of fused-ring (bicyclic) bond motifs is 4. The number of hydrogen-bond donors (Lipinski definition) is 2. The van der Waals surface area contributed by atoms with Gasteiger partial charge < -0.3 is 10.2 Å². The molecule has 0 saturated carbocycles. The van der Waals surface area contributed by atoms with E-state index in [0.717, 1.165) is 0 Å². The first-order chi connectivity index (χ1) is 12.2. The Morgan fingerprint density at radius 3 is 2.54 bits per heavy atom. The average molecular weight is 395 g/mol. The minimum absolute atomic E-state index is 0.112. The molecule has 1 spiro atoms. The average Bonchev–Trinajstić information content (AvgIpc) is 2.97. The van der Waals surface area contributed by atoms with Crippen molar-refractivity contribution in [2.45, 2.75) is 31.7 Å². The van der Waals surface area contributed by atoms with Crippen molar-refractivity contribution in [1.82, 2.24) is 9.78 Å². The van der Waals surface area contributed by atoms with Gasteiger partial charge in [-0.15, -0.1) is 0 Å². The smallest absolute Gasteiger partial charge is 0.270 e. The molecule has 1 atom stereocenters. The Morgan fingerprint density at radius 1 is 1.19 bits per heavy atom. The van der Waals surface area contributed by atoms with Crippen molar-refractivity contribution in [2.24, 2.45) is 0 Å². The van der Waals surface area contributed by atoms with E-state index >= 15 is 0 Å². The predicted molar refractivity (Wildman–Crippen MR) is 99.3 cm³/mol. The molecule has 0 radical (unpaired) electrons. The Balaban J connectivity index is 2.14. The summed E-state index contributed by atoms with van der Waals surface area (Å²) in [6.45, 7) is 3.74. The Morgan fingerprint density at radius 2 is 1.88 bits per heavy atom. The van der Waals surface area contributed by atoms with Crippen molar-refractivity contribution in [2.75, 3.05) is 17.3 Å². The number of halogens is 2. The number of amides is 2. The minimum atomic E-state index is -1.44. The first-order valence-electron chi connectivity index (χ1n) is 8.11. The fourth-order valence-corrected chi connectivity index (χ4v) is 4.63. The van der Waals surface area contributed by atoms with Crippen LogP contribution in [0.1, 0.15) is 37.4 Å². The molecule has 1 unspecified atom stereocenters. The third-order valence-electron chi connectivity index (χ3n) is 5.05. The summed E-state index contributed by atoms with van der Waals surface area (Å²) in [5, 5.41) is 6.10. The van der Waals surface area contributed by atoms with Gasteiger partial charge in [-0.2, -0.15) is 0 Å². The lowest BCUT2D eigenvalue weighted by Gasteiger charge is -2.32. The SMILES string of the molecule is CC(C)n1[nH]c(=O)c2c1NC(=O)CC21C(=O)N(C)c2c(Cl)cc(Cl)cc21. The van der Waals surface area contributed by atoms with Crippen molar-refractivity contribution < 1.29 is 9.59 Å². The molecule has 7 nitrogen and oxygen atoms in total. The van der Waals surface area contributed by atoms with Crippen molar-refractivity contribution >= 4 is 46.5 Å². The highest BCUT2D eigenvalue weighted by atomic mass is 35.5. The molecular formula is C17H16Cl2N4O3. The standard InChI is InChI=1S/C17H16Cl2N4O3/c1-7(2)23-14-12(15(25)21-23)17(6-11(24)20-14)9-4-8(18)5-10(19)13(9)22(3)16(17)26/h4-5,7H,6H2,1-3H3,(H,20,24)(H,21,25). The lowest BCUT2D eigenvalue weighted by molar-refractivity contribution is -0.126. The van der Waals surface area contributed by atoms with Crippen LogP contribution in [0.15, 0.2) is 16.9 Å². The van der Waals surface area contributed by atoms with Crippen LogP contribution in [0, 0.1) is 0 Å². The minimum Gasteiger partial charge on any atom is -0.313 e. The molecule has 26 heavy (non-hydrogen) atoms. The third-order valence-corrected chi connectivity index (χ3v) is 5.55. The maximum absolute atomic E-state index is 13.3. The second-order valence-electron chi connectivity index (χ2n) is 6.91. The Bertz CT molecular complexity index is 1040. The summed E-state index contributed by atoms with van der Waals surface area (Å²) >= 11 is 12.5. The number of aromatic amines is 1. The lowest BCUT2D eigenvalue weighted by atomic mass is 9.71. The number of carbonyl (C=O) groups excluding carboxylic acids is 2. The number of H-pyrrole nitrogens is 1. The number of aromatic nitrogens is 2. The molecule has 0 bridgehead atoms. The molecule has 2 N–H and O–H groups in total. The van der Waals surface area contributed by atoms with Gasteiger partial charge >= 0.3 is 0 Å². The summed E-state index contributed by atoms with van der Waals surface area (Å²) in [4.78, 5) is 40.1. The van der Waals surface area contributed by atoms with Crippen molar-refractivity contribution in [3.63, 3.8) is 0 Å². The molecule has 2 amide bonds. The normalized spacial score (nSPS) is 21.4. The summed E-state index contributed by atoms with van der Waals surface area (Å²) < 4.78 is 1.56. The summed E-state index contributed by atoms with van der Waals surface area (Å²) in [6.07, 6.45) is -0.183. The van der Waals surface area contributed by atoms with E-state index < -0.39 is 11.0 Å². The number of likely N-dealkylation sites (N-methyl/N-ethyl adjacent to an activating group) is 1. The van der Waals surface area contributed by atoms with Crippen LogP contribution in [-0.4, -0.2) is 28.6 Å². The van der Waals surface area contributed by atoms with E-state index in [1.54, 1.807) is 17.8 Å². The van der Waals surface area contributed by atoms with Gasteiger partial charge in [0.2, 0.25) is 11.8 Å². The quantitative estimate of drug-likeness (QED) is 0.779. The molecular weight excluding hydrogens is 379 g/mol. The van der Waals surface area contributed by atoms with E-state index in [4.69, 9.17) is 23.2 Å². The van der Waals surface area contributed by atoms with Crippen molar-refractivity contribution in [1.29, 1.82) is 0 Å². The number of nitrogens with one attached hydrogen (secondary N) is 2. The maximum Gasteiger partial charge on any atom is 0.270 e. The summed E-state index contributed by atoms with van der Waals surface area (Å²) in [6, 6.07) is 3.04. The second kappa shape index (κ2) is 5.37. The fraction of sp³-hybridized carbons (Fsp3) is 0.353. The van der Waals surface area contributed by atoms with E-state index in [0.29, 0.717) is 27.1 Å². The van der Waals surface area contributed by atoms with E-state index in [1.165, 1.54) is 11.0 Å². The molecule has 4 rings (SSSR count). The molecule has 0 aliphatic carbocycles. The highest BCUT2D eigenvalue weighted by molar-refractivity contribution is 6.38. The molecule has 0 saturated heterocycles. The van der Waals surface area contributed by atoms with Gasteiger partial charge in [-0.05, 0) is 31.5 Å². The van der Waals surface area contributed by atoms with Gasteiger partial charge in [0.1, 0.15) is 11.2 Å². The number of anilines is 2. The first kappa shape index (κ1) is 17.2. The van der Waals surface area contributed by atoms with Gasteiger partial charge in [-0.25, -0.2) is 0 Å². The molecule has 1 aromatic carbocycles. The second-order valence-corrected chi connectivity index (χ2v) is 7.75. The van der Waals surface area contributed by atoms with Gasteiger partial charge in [-0.3, -0.25) is 24.2 Å². The molecule has 2 aromatic rings. The van der Waals surface area contributed by atoms with Crippen LogP contribution in [0.4, 0.5) is 11.5 Å². The maximum atomic E-state index is 13.3. The van der Waals surface area contributed by atoms with E-state index in [2.05, 4.69) is 10.4 Å². The van der Waals surface area contributed by atoms with Crippen molar-refractivity contribution in [3.8, 4) is 0 Å². The molecule has 2 aliphatic rings. The number of nitrogens with zero attached hydrogens (tertiary/aromatic N) is 2. The molecule has 0 fully saturated rings. The van der Waals surface area contributed by atoms with Gasteiger partial charge in [0.25, 0.3) is 5.56 Å². The van der Waals surface area contributed by atoms with Crippen LogP contribution >= 0.6 is 23.2 Å². The van der Waals surface area contributed by atoms with Crippen molar-refractivity contribution in [3.05, 3.63) is 43.7 Å². The third kappa shape index (κ3) is 1.98. The Labute approximate surface area is 158 Å². The van der Waals surface area contributed by atoms with Gasteiger partial charge in [0.15, 0.2) is 0 Å². The summed E-state index contributed by atoms with van der Waals surface area (Å²) in [5.74, 6) is -0.414. The number of hydrogen-bond acceptors (Lipinski definition) is 3. The zero-order valence-electron chi connectivity index (χ0n) is 14.3. The van der Waals surface area contributed by atoms with Gasteiger partial charge in [0.05, 0.1) is 22.7 Å². The Hall–Kier alpha value is -2.25. The largest absolute Gasteiger partial charge is 0.313 e. The van der Waals surface area contributed by atoms with E-state index in [9.17, 15) is 14.4 Å². The number of carbonyl (C=O) groups is 2. The fourth-order valence-electron chi connectivity index (χ4n) is 4.01. The van der Waals surface area contributed by atoms with Crippen LogP contribution in [0.2, 0.25) is 10.0 Å². The Kier molecular flexibility index (Phi) is 3.55. The summed E-state index contributed by atoms with van der Waals surface area (Å²) in [7, 11) is 1.58. The zero-order chi connectivity index (χ0) is 19.0. The van der Waals surface area contributed by atoms with E-state index in [1.807, 2.05) is 13.8 Å². The number of rotatable bonds is 1. The van der Waals surface area contributed by atoms with Crippen LogP contribution in [0.25, 0.3) is 0 Å². The predicted octanol–water partition coefficient (Wildman–Crippen LogP) is 2.67. The molecule has 1 aromatic heterocycles. The van der Waals surface area contributed by atoms with Crippen LogP contribution in [0.3, 0.4) is 0 Å². The topological polar surface area (TPSA) is 87.2 Å². The van der Waals surface area contributed by atoms with Crippen LogP contribution in [0.5, 0.6) is 0 Å². The first-order valence-corrected chi connectivity index (χ1v) is 8.86. The summed E-state index contributed by atoms with van der Waals surface area (Å²) in [5.41, 5.74) is -0.688. The van der Waals surface area contributed by atoms with E-state index in [-0.39, 0.29) is 29.8 Å². The zero-order valence-corrected chi connectivity index (χ0v) is 15.8. The molecule has 2 aliphatic heterocycles. The van der Waals surface area contributed by atoms with Crippen LogP contribution < -0.4 is 15.8 Å². The molecule has 136 valence electrons.